The molecule has 0 amide bonds. The molecule has 0 unspecified atom stereocenters. The van der Waals surface area contributed by atoms with Crippen molar-refractivity contribution in [2.24, 2.45) is 0 Å². The second-order valence-corrected chi connectivity index (χ2v) is 7.36. The Bertz CT molecular complexity index is 858. The molecule has 1 aromatic carbocycles. The number of ether oxygens (including phenoxy) is 1. The Labute approximate surface area is 167 Å². The lowest BCUT2D eigenvalue weighted by atomic mass is 10.1. The summed E-state index contributed by atoms with van der Waals surface area (Å²) < 4.78 is 44.3. The standard InChI is InChI=1S/C19H25F3N6O/c1-27(2)17-16(14-8-7-12(19(20,21)22)10-15(14)29-4)25-26-18(24-17)23-13-6-5-9-28(3)11-13/h7-8,10,13H,5-6,9,11H2,1-4H3,(H,23,24,26)/t13-/m1/s1. The number of piperidine rings is 1. The molecule has 0 spiro atoms. The van der Waals surface area contributed by atoms with Gasteiger partial charge in [-0.05, 0) is 44.6 Å². The first-order chi connectivity index (χ1) is 13.7. The van der Waals surface area contributed by atoms with Gasteiger partial charge in [0.15, 0.2) is 5.82 Å². The van der Waals surface area contributed by atoms with Crippen molar-refractivity contribution < 1.29 is 17.9 Å². The molecule has 1 atom stereocenters. The molecule has 7 nitrogen and oxygen atoms in total. The zero-order valence-electron chi connectivity index (χ0n) is 16.9. The number of halogens is 3. The van der Waals surface area contributed by atoms with Crippen molar-refractivity contribution in [3.05, 3.63) is 23.8 Å². The average Bonchev–Trinajstić information content (AvgIpc) is 2.66. The van der Waals surface area contributed by atoms with Gasteiger partial charge in [-0.25, -0.2) is 0 Å². The highest BCUT2D eigenvalue weighted by atomic mass is 19.4. The molecule has 1 aromatic heterocycles. The van der Waals surface area contributed by atoms with Crippen LogP contribution in [0, 0.1) is 0 Å². The Kier molecular flexibility index (Phi) is 6.11. The highest BCUT2D eigenvalue weighted by Gasteiger charge is 2.32. The number of anilines is 2. The molecule has 29 heavy (non-hydrogen) atoms. The van der Waals surface area contributed by atoms with Crippen LogP contribution in [0.4, 0.5) is 24.9 Å². The van der Waals surface area contributed by atoms with E-state index in [-0.39, 0.29) is 11.8 Å². The quantitative estimate of drug-likeness (QED) is 0.812. The fourth-order valence-electron chi connectivity index (χ4n) is 3.39. The van der Waals surface area contributed by atoms with E-state index in [1.54, 1.807) is 19.0 Å². The summed E-state index contributed by atoms with van der Waals surface area (Å²) in [6.07, 6.45) is -2.36. The van der Waals surface area contributed by atoms with Gasteiger partial charge in [0.1, 0.15) is 11.4 Å². The summed E-state index contributed by atoms with van der Waals surface area (Å²) in [4.78, 5) is 8.55. The normalized spacial score (nSPS) is 17.8. The SMILES string of the molecule is COc1cc(C(F)(F)F)ccc1-c1nnc(N[C@@H]2CCCN(C)C2)nc1N(C)C. The summed E-state index contributed by atoms with van der Waals surface area (Å²) in [5.41, 5.74) is -0.0369. The molecule has 158 valence electrons. The minimum Gasteiger partial charge on any atom is -0.496 e. The van der Waals surface area contributed by atoms with Crippen LogP contribution >= 0.6 is 0 Å². The van der Waals surface area contributed by atoms with Gasteiger partial charge in [-0.3, -0.25) is 0 Å². The maximum absolute atomic E-state index is 13.0. The van der Waals surface area contributed by atoms with Gasteiger partial charge in [0.25, 0.3) is 0 Å². The van der Waals surface area contributed by atoms with Crippen LogP contribution in [0.3, 0.4) is 0 Å². The van der Waals surface area contributed by atoms with E-state index in [0.29, 0.717) is 23.0 Å². The smallest absolute Gasteiger partial charge is 0.416 e. The third-order valence-corrected chi connectivity index (χ3v) is 4.83. The van der Waals surface area contributed by atoms with Crippen molar-refractivity contribution in [3.63, 3.8) is 0 Å². The zero-order valence-corrected chi connectivity index (χ0v) is 16.9. The molecule has 0 radical (unpaired) electrons. The van der Waals surface area contributed by atoms with Gasteiger partial charge >= 0.3 is 6.18 Å². The van der Waals surface area contributed by atoms with E-state index in [1.165, 1.54) is 13.2 Å². The highest BCUT2D eigenvalue weighted by Crippen LogP contribution is 2.38. The molecule has 1 saturated heterocycles. The number of alkyl halides is 3. The first-order valence-corrected chi connectivity index (χ1v) is 9.31. The highest BCUT2D eigenvalue weighted by molar-refractivity contribution is 5.77. The molecule has 1 aliphatic rings. The van der Waals surface area contributed by atoms with E-state index in [9.17, 15) is 13.2 Å². The van der Waals surface area contributed by atoms with Crippen LogP contribution in [0.1, 0.15) is 18.4 Å². The Hall–Kier alpha value is -2.62. The lowest BCUT2D eigenvalue weighted by molar-refractivity contribution is -0.137. The van der Waals surface area contributed by atoms with E-state index in [1.807, 2.05) is 0 Å². The van der Waals surface area contributed by atoms with Gasteiger partial charge in [0.05, 0.1) is 12.7 Å². The van der Waals surface area contributed by atoms with Crippen LogP contribution in [0.15, 0.2) is 18.2 Å². The summed E-state index contributed by atoms with van der Waals surface area (Å²) in [5.74, 6) is 0.946. The minimum atomic E-state index is -4.46. The third kappa shape index (κ3) is 4.87. The largest absolute Gasteiger partial charge is 0.496 e. The fourth-order valence-corrected chi connectivity index (χ4v) is 3.39. The van der Waals surface area contributed by atoms with Crippen LogP contribution in [-0.2, 0) is 6.18 Å². The minimum absolute atomic E-state index is 0.0636. The first kappa shape index (κ1) is 21.1. The van der Waals surface area contributed by atoms with Crippen molar-refractivity contribution >= 4 is 11.8 Å². The number of aromatic nitrogens is 3. The molecule has 3 rings (SSSR count). The van der Waals surface area contributed by atoms with Crippen LogP contribution in [0.2, 0.25) is 0 Å². The number of hydrogen-bond acceptors (Lipinski definition) is 7. The summed E-state index contributed by atoms with van der Waals surface area (Å²) in [7, 11) is 6.98. The van der Waals surface area contributed by atoms with Gasteiger partial charge in [-0.15, -0.1) is 10.2 Å². The topological polar surface area (TPSA) is 66.4 Å². The first-order valence-electron chi connectivity index (χ1n) is 9.31. The van der Waals surface area contributed by atoms with E-state index >= 15 is 0 Å². The number of nitrogens with zero attached hydrogens (tertiary/aromatic N) is 5. The molecular weight excluding hydrogens is 385 g/mol. The summed E-state index contributed by atoms with van der Waals surface area (Å²) in [5, 5.41) is 11.7. The number of hydrogen-bond donors (Lipinski definition) is 1. The predicted octanol–water partition coefficient (Wildman–Crippen LogP) is 3.14. The van der Waals surface area contributed by atoms with Crippen LogP contribution < -0.4 is 15.0 Å². The number of rotatable bonds is 5. The molecule has 0 saturated carbocycles. The number of nitrogens with one attached hydrogen (secondary N) is 1. The van der Waals surface area contributed by atoms with Crippen molar-refractivity contribution in [1.29, 1.82) is 0 Å². The molecule has 10 heteroatoms. The number of likely N-dealkylation sites (tertiary alicyclic amines) is 1. The Morgan fingerprint density at radius 3 is 2.62 bits per heavy atom. The summed E-state index contributed by atoms with van der Waals surface area (Å²) in [6.45, 7) is 1.95. The molecule has 1 fully saturated rings. The van der Waals surface area contributed by atoms with Crippen molar-refractivity contribution in [2.75, 3.05) is 51.6 Å². The molecular formula is C19H25F3N6O. The van der Waals surface area contributed by atoms with Crippen molar-refractivity contribution in [3.8, 4) is 17.0 Å². The van der Waals surface area contributed by atoms with Crippen molar-refractivity contribution in [2.45, 2.75) is 25.1 Å². The average molecular weight is 410 g/mol. The Morgan fingerprint density at radius 1 is 1.24 bits per heavy atom. The fraction of sp³-hybridized carbons (Fsp3) is 0.526. The Balaban J connectivity index is 1.95. The van der Waals surface area contributed by atoms with Crippen molar-refractivity contribution in [1.82, 2.24) is 20.1 Å². The van der Waals surface area contributed by atoms with Gasteiger partial charge in [0, 0.05) is 32.2 Å². The van der Waals surface area contributed by atoms with Crippen LogP contribution in [0.25, 0.3) is 11.3 Å². The van der Waals surface area contributed by atoms with E-state index in [4.69, 9.17) is 4.74 Å². The molecule has 2 heterocycles. The molecule has 2 aromatic rings. The lowest BCUT2D eigenvalue weighted by Crippen LogP contribution is -2.40. The van der Waals surface area contributed by atoms with Crippen LogP contribution in [-0.4, -0.2) is 67.5 Å². The third-order valence-electron chi connectivity index (χ3n) is 4.83. The predicted molar refractivity (Wildman–Crippen MR) is 105 cm³/mol. The number of likely N-dealkylation sites (N-methyl/N-ethyl adjacent to an activating group) is 1. The summed E-state index contributed by atoms with van der Waals surface area (Å²) in [6, 6.07) is 3.52. The Morgan fingerprint density at radius 2 is 2.00 bits per heavy atom. The maximum Gasteiger partial charge on any atom is 0.416 e. The zero-order chi connectivity index (χ0) is 21.2. The molecule has 0 bridgehead atoms. The monoisotopic (exact) mass is 410 g/mol. The van der Waals surface area contributed by atoms with Gasteiger partial charge in [-0.2, -0.15) is 18.2 Å². The van der Waals surface area contributed by atoms with E-state index < -0.39 is 11.7 Å². The number of methoxy groups -OCH3 is 1. The van der Waals surface area contributed by atoms with Gasteiger partial charge in [0.2, 0.25) is 5.95 Å². The summed E-state index contributed by atoms with van der Waals surface area (Å²) >= 11 is 0. The van der Waals surface area contributed by atoms with Gasteiger partial charge < -0.3 is 19.9 Å². The second-order valence-electron chi connectivity index (χ2n) is 7.36. The van der Waals surface area contributed by atoms with Gasteiger partial charge in [-0.1, -0.05) is 0 Å². The van der Waals surface area contributed by atoms with Crippen LogP contribution in [0.5, 0.6) is 5.75 Å². The molecule has 0 aliphatic carbocycles. The maximum atomic E-state index is 13.0. The van der Waals surface area contributed by atoms with E-state index in [0.717, 1.165) is 38.1 Å². The lowest BCUT2D eigenvalue weighted by Gasteiger charge is -2.30. The molecule has 1 N–H and O–H groups in total. The number of benzene rings is 1. The van der Waals surface area contributed by atoms with E-state index in [2.05, 4.69) is 32.4 Å². The molecule has 1 aliphatic heterocycles. The second kappa shape index (κ2) is 8.40.